The number of hydrogen-bond acceptors (Lipinski definition) is 6. The van der Waals surface area contributed by atoms with Crippen LogP contribution in [0.3, 0.4) is 0 Å². The minimum atomic E-state index is -4.93. The maximum atomic E-state index is 13.1. The molecule has 3 N–H and O–H groups in total. The fraction of sp³-hybridized carbons (Fsp3) is 0.143. The van der Waals surface area contributed by atoms with Gasteiger partial charge in [0.25, 0.3) is 10.0 Å². The number of alkyl halides is 2. The van der Waals surface area contributed by atoms with E-state index in [1.807, 2.05) is 4.72 Å². The Morgan fingerprint density at radius 1 is 1.15 bits per heavy atom. The van der Waals surface area contributed by atoms with Crippen LogP contribution in [0.1, 0.15) is 5.56 Å². The van der Waals surface area contributed by atoms with Crippen molar-refractivity contribution in [2.75, 3.05) is 17.1 Å². The Hall–Kier alpha value is -3.32. The molecule has 2 aromatic carbocycles. The van der Waals surface area contributed by atoms with Gasteiger partial charge in [-0.15, -0.1) is 0 Å². The largest absolute Gasteiger partial charge is 0.491 e. The van der Waals surface area contributed by atoms with E-state index in [0.717, 1.165) is 5.56 Å². The van der Waals surface area contributed by atoms with E-state index in [9.17, 15) is 21.6 Å². The van der Waals surface area contributed by atoms with Gasteiger partial charge < -0.3 is 10.5 Å². The molecule has 8 nitrogen and oxygen atoms in total. The molecule has 0 bridgehead atoms. The number of sulfonamides is 1. The van der Waals surface area contributed by atoms with E-state index in [1.54, 1.807) is 18.3 Å². The summed E-state index contributed by atoms with van der Waals surface area (Å²) < 4.78 is 72.2. The SMILES string of the molecule is Nc1ncc(Br)n2ncc(-c3ccc(NS(=O)(=O)C(F)F)c(OCCc4ccc(F)cc4)c3)c12. The molecular weight excluding hydrogens is 539 g/mol. The third kappa shape index (κ3) is 4.94. The van der Waals surface area contributed by atoms with E-state index >= 15 is 0 Å². The van der Waals surface area contributed by atoms with Crippen LogP contribution in [0.25, 0.3) is 16.6 Å². The average molecular weight is 556 g/mol. The Balaban J connectivity index is 1.70. The number of nitrogens with two attached hydrogens (primary N) is 1. The van der Waals surface area contributed by atoms with E-state index in [1.165, 1.54) is 41.0 Å². The Labute approximate surface area is 200 Å². The Bertz CT molecular complexity index is 1450. The van der Waals surface area contributed by atoms with Gasteiger partial charge in [0, 0.05) is 12.0 Å². The van der Waals surface area contributed by atoms with Gasteiger partial charge in [0.1, 0.15) is 27.5 Å². The number of fused-ring (bicyclic) bond motifs is 1. The second kappa shape index (κ2) is 9.50. The first-order valence-corrected chi connectivity index (χ1v) is 12.1. The molecule has 0 spiro atoms. The van der Waals surface area contributed by atoms with E-state index in [-0.39, 0.29) is 29.7 Å². The van der Waals surface area contributed by atoms with Crippen LogP contribution in [-0.2, 0) is 16.4 Å². The number of ether oxygens (including phenoxy) is 1. The van der Waals surface area contributed by atoms with Gasteiger partial charge >= 0.3 is 5.76 Å². The van der Waals surface area contributed by atoms with Gasteiger partial charge in [0.05, 0.1) is 24.7 Å². The number of anilines is 2. The lowest BCUT2D eigenvalue weighted by Crippen LogP contribution is -2.21. The minimum absolute atomic E-state index is 0.0183. The molecule has 0 aliphatic carbocycles. The summed E-state index contributed by atoms with van der Waals surface area (Å²) in [5.74, 6) is -3.78. The molecule has 2 heterocycles. The molecular formula is C21H17BrF3N5O3S. The van der Waals surface area contributed by atoms with Crippen molar-refractivity contribution >= 4 is 43.0 Å². The van der Waals surface area contributed by atoms with Crippen LogP contribution >= 0.6 is 15.9 Å². The van der Waals surface area contributed by atoms with Crippen LogP contribution < -0.4 is 15.2 Å². The van der Waals surface area contributed by atoms with Gasteiger partial charge in [-0.2, -0.15) is 13.9 Å². The summed E-state index contributed by atoms with van der Waals surface area (Å²) in [5.41, 5.74) is 8.24. The Kier molecular flexibility index (Phi) is 6.66. The van der Waals surface area contributed by atoms with Gasteiger partial charge in [-0.3, -0.25) is 4.72 Å². The lowest BCUT2D eigenvalue weighted by atomic mass is 10.1. The van der Waals surface area contributed by atoms with Crippen LogP contribution in [0.4, 0.5) is 24.7 Å². The molecule has 4 rings (SSSR count). The van der Waals surface area contributed by atoms with Gasteiger partial charge in [0.2, 0.25) is 0 Å². The molecule has 0 amide bonds. The van der Waals surface area contributed by atoms with E-state index in [2.05, 4.69) is 26.0 Å². The number of rotatable bonds is 8. The fourth-order valence-corrected chi connectivity index (χ4v) is 4.16. The van der Waals surface area contributed by atoms with Gasteiger partial charge in [-0.25, -0.2) is 22.3 Å². The van der Waals surface area contributed by atoms with Crippen molar-refractivity contribution in [3.05, 3.63) is 70.8 Å². The van der Waals surface area contributed by atoms with Crippen molar-refractivity contribution in [1.29, 1.82) is 0 Å². The fourth-order valence-electron chi connectivity index (χ4n) is 3.23. The molecule has 0 saturated heterocycles. The van der Waals surface area contributed by atoms with Gasteiger partial charge in [-0.05, 0) is 51.3 Å². The quantitative estimate of drug-likeness (QED) is 0.332. The number of hydrogen-bond donors (Lipinski definition) is 2. The molecule has 0 radical (unpaired) electrons. The Morgan fingerprint density at radius 3 is 2.59 bits per heavy atom. The summed E-state index contributed by atoms with van der Waals surface area (Å²) in [6.07, 6.45) is 3.40. The highest BCUT2D eigenvalue weighted by Gasteiger charge is 2.25. The van der Waals surface area contributed by atoms with Gasteiger partial charge in [0.15, 0.2) is 0 Å². The number of nitrogen functional groups attached to an aromatic ring is 1. The maximum Gasteiger partial charge on any atom is 0.355 e. The van der Waals surface area contributed by atoms with Crippen LogP contribution in [0, 0.1) is 5.82 Å². The van der Waals surface area contributed by atoms with Crippen molar-refractivity contribution in [1.82, 2.24) is 14.6 Å². The second-order valence-corrected chi connectivity index (χ2v) is 9.59. The van der Waals surface area contributed by atoms with Crippen molar-refractivity contribution in [3.63, 3.8) is 0 Å². The predicted molar refractivity (Wildman–Crippen MR) is 125 cm³/mol. The summed E-state index contributed by atoms with van der Waals surface area (Å²) in [5, 5.41) is 4.27. The highest BCUT2D eigenvalue weighted by molar-refractivity contribution is 9.10. The molecule has 13 heteroatoms. The van der Waals surface area contributed by atoms with Crippen LogP contribution in [0.15, 0.2) is 59.5 Å². The van der Waals surface area contributed by atoms with Crippen molar-refractivity contribution < 1.29 is 26.3 Å². The van der Waals surface area contributed by atoms with E-state index in [4.69, 9.17) is 10.5 Å². The molecule has 0 atom stereocenters. The van der Waals surface area contributed by atoms with Crippen molar-refractivity contribution in [2.45, 2.75) is 12.2 Å². The first-order valence-electron chi connectivity index (χ1n) is 9.75. The number of benzene rings is 2. The summed E-state index contributed by atoms with van der Waals surface area (Å²) in [4.78, 5) is 4.10. The number of nitrogens with zero attached hydrogens (tertiary/aromatic N) is 3. The monoisotopic (exact) mass is 555 g/mol. The minimum Gasteiger partial charge on any atom is -0.491 e. The number of nitrogens with one attached hydrogen (secondary N) is 1. The molecule has 34 heavy (non-hydrogen) atoms. The zero-order chi connectivity index (χ0) is 24.5. The third-order valence-electron chi connectivity index (χ3n) is 4.87. The Morgan fingerprint density at radius 2 is 1.88 bits per heavy atom. The first-order chi connectivity index (χ1) is 16.2. The molecule has 2 aromatic heterocycles. The number of halogens is 4. The molecule has 4 aromatic rings. The van der Waals surface area contributed by atoms with E-state index < -0.39 is 15.8 Å². The van der Waals surface area contributed by atoms with Gasteiger partial charge in [-0.1, -0.05) is 18.2 Å². The van der Waals surface area contributed by atoms with Crippen LogP contribution in [0.2, 0.25) is 0 Å². The molecule has 0 aliphatic rings. The molecule has 0 unspecified atom stereocenters. The summed E-state index contributed by atoms with van der Waals surface area (Å²) >= 11 is 3.34. The lowest BCUT2D eigenvalue weighted by molar-refractivity contribution is 0.236. The summed E-state index contributed by atoms with van der Waals surface area (Å²) in [6, 6.07) is 10.1. The average Bonchev–Trinajstić information content (AvgIpc) is 3.25. The highest BCUT2D eigenvalue weighted by atomic mass is 79.9. The van der Waals surface area contributed by atoms with Crippen molar-refractivity contribution in [2.24, 2.45) is 0 Å². The molecule has 0 aliphatic heterocycles. The van der Waals surface area contributed by atoms with Crippen molar-refractivity contribution in [3.8, 4) is 16.9 Å². The zero-order valence-electron chi connectivity index (χ0n) is 17.3. The lowest BCUT2D eigenvalue weighted by Gasteiger charge is -2.15. The van der Waals surface area contributed by atoms with Crippen LogP contribution in [-0.4, -0.2) is 35.4 Å². The first kappa shape index (κ1) is 23.8. The maximum absolute atomic E-state index is 13.1. The topological polar surface area (TPSA) is 112 Å². The summed E-state index contributed by atoms with van der Waals surface area (Å²) in [7, 11) is -4.93. The third-order valence-corrected chi connectivity index (χ3v) is 6.38. The molecule has 0 saturated carbocycles. The smallest absolute Gasteiger partial charge is 0.355 e. The molecule has 0 fully saturated rings. The standard InChI is InChI=1S/C21H17BrF3N5O3S/c22-18-11-27-20(26)19-15(10-28-30(18)19)13-3-6-16(29-34(31,32)21(24)25)17(9-13)33-8-7-12-1-4-14(23)5-2-12/h1-6,9-11,21,29H,7-8H2,(H2,26,27). The molecule has 178 valence electrons. The van der Waals surface area contributed by atoms with E-state index in [0.29, 0.717) is 27.7 Å². The van der Waals surface area contributed by atoms with Crippen LogP contribution in [0.5, 0.6) is 5.75 Å². The zero-order valence-corrected chi connectivity index (χ0v) is 19.7. The normalized spacial score (nSPS) is 11.8. The summed E-state index contributed by atoms with van der Waals surface area (Å²) in [6.45, 7) is 0.0719. The predicted octanol–water partition coefficient (Wildman–Crippen LogP) is 4.47. The number of aromatic nitrogens is 3. The second-order valence-electron chi connectivity index (χ2n) is 7.13. The highest BCUT2D eigenvalue weighted by Crippen LogP contribution is 2.35.